The second kappa shape index (κ2) is 8.57. The van der Waals surface area contributed by atoms with Crippen LogP contribution in [0.5, 0.6) is 5.75 Å². The maximum absolute atomic E-state index is 12.0. The number of hydrogen-bond acceptors (Lipinski definition) is 6. The summed E-state index contributed by atoms with van der Waals surface area (Å²) in [4.78, 5) is 12.0. The number of ether oxygens (including phenoxy) is 1. The van der Waals surface area contributed by atoms with Crippen molar-refractivity contribution in [1.29, 1.82) is 0 Å². The molecule has 2 aromatic carbocycles. The van der Waals surface area contributed by atoms with E-state index < -0.39 is 5.76 Å². The maximum atomic E-state index is 12.0. The van der Waals surface area contributed by atoms with Crippen molar-refractivity contribution in [2.75, 3.05) is 11.5 Å². The van der Waals surface area contributed by atoms with E-state index in [0.29, 0.717) is 35.1 Å². The Morgan fingerprint density at radius 1 is 1.19 bits per heavy atom. The van der Waals surface area contributed by atoms with Crippen molar-refractivity contribution in [1.82, 2.24) is 9.72 Å². The van der Waals surface area contributed by atoms with E-state index in [2.05, 4.69) is 18.3 Å². The van der Waals surface area contributed by atoms with Gasteiger partial charge in [0.05, 0.1) is 11.4 Å². The van der Waals surface area contributed by atoms with Gasteiger partial charge in [0.15, 0.2) is 5.82 Å². The first-order chi connectivity index (χ1) is 12.6. The molecule has 0 saturated heterocycles. The molecule has 1 aromatic heterocycles. The van der Waals surface area contributed by atoms with Crippen molar-refractivity contribution in [3.05, 3.63) is 77.6 Å². The molecule has 136 valence electrons. The van der Waals surface area contributed by atoms with Crippen LogP contribution in [0.15, 0.2) is 64.9 Å². The van der Waals surface area contributed by atoms with E-state index in [1.165, 1.54) is 4.57 Å². The number of nitrogen functional groups attached to an aromatic ring is 2. The Labute approximate surface area is 151 Å². The third-order valence-corrected chi connectivity index (χ3v) is 3.64. The largest absolute Gasteiger partial charge is 0.487 e. The molecule has 4 N–H and O–H groups in total. The smallest absolute Gasteiger partial charge is 0.446 e. The minimum absolute atomic E-state index is 0.227. The monoisotopic (exact) mass is 354 g/mol. The van der Waals surface area contributed by atoms with E-state index in [1.54, 1.807) is 18.2 Å². The molecule has 0 atom stereocenters. The summed E-state index contributed by atoms with van der Waals surface area (Å²) in [7, 11) is 0. The topological polar surface area (TPSA) is 109 Å². The molecule has 7 heteroatoms. The molecule has 7 nitrogen and oxygen atoms in total. The molecule has 1 heterocycles. The number of nitrogens with zero attached hydrogens (tertiary/aromatic N) is 2. The van der Waals surface area contributed by atoms with Gasteiger partial charge in [0, 0.05) is 23.7 Å². The zero-order chi connectivity index (χ0) is 19.1. The lowest BCUT2D eigenvalue weighted by atomic mass is 10.2. The number of aromatic nitrogens is 2. The summed E-state index contributed by atoms with van der Waals surface area (Å²) in [5, 5.41) is 3.79. The second-order valence-corrected chi connectivity index (χ2v) is 5.27. The summed E-state index contributed by atoms with van der Waals surface area (Å²) >= 11 is 0. The predicted molar refractivity (Wildman–Crippen MR) is 102 cm³/mol. The minimum atomic E-state index is -0.525. The van der Waals surface area contributed by atoms with Gasteiger partial charge < -0.3 is 16.2 Å². The number of para-hydroxylation sites is 1. The first-order valence-electron chi connectivity index (χ1n) is 8.03. The van der Waals surface area contributed by atoms with Crippen molar-refractivity contribution in [3.63, 3.8) is 0 Å². The molecule has 0 bridgehead atoms. The summed E-state index contributed by atoms with van der Waals surface area (Å²) in [6, 6.07) is 12.5. The maximum Gasteiger partial charge on any atom is 0.446 e. The number of nitrogens with two attached hydrogens (primary N) is 2. The van der Waals surface area contributed by atoms with Crippen LogP contribution in [0.4, 0.5) is 11.4 Å². The van der Waals surface area contributed by atoms with E-state index in [-0.39, 0.29) is 6.61 Å². The molecule has 0 amide bonds. The lowest BCUT2D eigenvalue weighted by molar-refractivity contribution is 0.307. The zero-order valence-electron chi connectivity index (χ0n) is 14.6. The highest BCUT2D eigenvalue weighted by molar-refractivity contribution is 5.59. The third-order valence-electron chi connectivity index (χ3n) is 3.64. The quantitative estimate of drug-likeness (QED) is 0.538. The average molecular weight is 354 g/mol. The fourth-order valence-corrected chi connectivity index (χ4v) is 2.42. The van der Waals surface area contributed by atoms with Gasteiger partial charge in [0.2, 0.25) is 0 Å². The van der Waals surface area contributed by atoms with Gasteiger partial charge in [0.25, 0.3) is 0 Å². The van der Waals surface area contributed by atoms with Crippen LogP contribution >= 0.6 is 0 Å². The Hall–Kier alpha value is -3.48. The highest BCUT2D eigenvalue weighted by Gasteiger charge is 2.14. The van der Waals surface area contributed by atoms with Gasteiger partial charge in [-0.25, -0.2) is 9.36 Å². The lowest BCUT2D eigenvalue weighted by Crippen LogP contribution is -2.17. The van der Waals surface area contributed by atoms with Crippen LogP contribution in [0.1, 0.15) is 18.3 Å². The molecule has 0 aliphatic rings. The molecule has 3 rings (SSSR count). The van der Waals surface area contributed by atoms with Crippen LogP contribution in [0.3, 0.4) is 0 Å². The number of hydrogen-bond donors (Lipinski definition) is 2. The Morgan fingerprint density at radius 3 is 2.65 bits per heavy atom. The molecule has 0 radical (unpaired) electrons. The van der Waals surface area contributed by atoms with Gasteiger partial charge in [-0.05, 0) is 18.2 Å². The van der Waals surface area contributed by atoms with Crippen LogP contribution in [-0.2, 0) is 13.0 Å². The second-order valence-electron chi connectivity index (χ2n) is 5.27. The number of anilines is 2. The first kappa shape index (κ1) is 18.9. The fourth-order valence-electron chi connectivity index (χ4n) is 2.42. The van der Waals surface area contributed by atoms with Gasteiger partial charge in [-0.15, -0.1) is 13.2 Å². The number of aryl methyl sites for hydroxylation is 1. The van der Waals surface area contributed by atoms with Crippen molar-refractivity contribution < 1.29 is 9.26 Å². The van der Waals surface area contributed by atoms with Crippen molar-refractivity contribution in [2.24, 2.45) is 0 Å². The van der Waals surface area contributed by atoms with Crippen molar-refractivity contribution in [2.45, 2.75) is 20.0 Å². The third kappa shape index (κ3) is 3.94. The zero-order valence-corrected chi connectivity index (χ0v) is 14.6. The lowest BCUT2D eigenvalue weighted by Gasteiger charge is -2.13. The molecule has 0 spiro atoms. The standard InChI is InChI=1S/C17H18N4O3.C2H4/c1-2-16-20-24-17(22)21(16)14-6-4-3-5-11(14)10-23-15-9-12(18)7-8-13(15)19;1-2/h3-9H,2,10,18-19H2,1H3;1-2H2. The van der Waals surface area contributed by atoms with Crippen LogP contribution in [-0.4, -0.2) is 9.72 Å². The highest BCUT2D eigenvalue weighted by Crippen LogP contribution is 2.26. The van der Waals surface area contributed by atoms with Gasteiger partial charge >= 0.3 is 5.76 Å². The van der Waals surface area contributed by atoms with Crippen molar-refractivity contribution >= 4 is 11.4 Å². The van der Waals surface area contributed by atoms with Crippen LogP contribution in [0.25, 0.3) is 5.69 Å². The average Bonchev–Trinajstić information content (AvgIpc) is 3.05. The fraction of sp³-hybridized carbons (Fsp3) is 0.158. The van der Waals surface area contributed by atoms with Crippen LogP contribution in [0.2, 0.25) is 0 Å². The Bertz CT molecular complexity index is 931. The Morgan fingerprint density at radius 2 is 1.92 bits per heavy atom. The van der Waals surface area contributed by atoms with Gasteiger partial charge in [-0.1, -0.05) is 30.3 Å². The number of benzene rings is 2. The molecule has 0 aliphatic heterocycles. The van der Waals surface area contributed by atoms with Crippen LogP contribution < -0.4 is 22.0 Å². The molecule has 3 aromatic rings. The Kier molecular flexibility index (Phi) is 6.21. The minimum Gasteiger partial charge on any atom is -0.487 e. The summed E-state index contributed by atoms with van der Waals surface area (Å²) in [5.41, 5.74) is 14.2. The molecule has 0 saturated carbocycles. The van der Waals surface area contributed by atoms with E-state index in [9.17, 15) is 4.79 Å². The summed E-state index contributed by atoms with van der Waals surface area (Å²) < 4.78 is 12.0. The molecule has 0 aliphatic carbocycles. The molecular weight excluding hydrogens is 332 g/mol. The van der Waals surface area contributed by atoms with E-state index >= 15 is 0 Å². The molecule has 0 fully saturated rings. The number of rotatable bonds is 5. The molecule has 0 unspecified atom stereocenters. The SMILES string of the molecule is C=C.CCc1noc(=O)n1-c1ccccc1COc1cc(N)ccc1N. The highest BCUT2D eigenvalue weighted by atomic mass is 16.5. The summed E-state index contributed by atoms with van der Waals surface area (Å²) in [5.74, 6) is 0.525. The summed E-state index contributed by atoms with van der Waals surface area (Å²) in [6.07, 6.45) is 0.573. The van der Waals surface area contributed by atoms with E-state index in [4.69, 9.17) is 20.7 Å². The van der Waals surface area contributed by atoms with E-state index in [0.717, 1.165) is 5.56 Å². The van der Waals surface area contributed by atoms with Gasteiger partial charge in [0.1, 0.15) is 12.4 Å². The van der Waals surface area contributed by atoms with Gasteiger partial charge in [-0.2, -0.15) is 0 Å². The van der Waals surface area contributed by atoms with Crippen LogP contribution in [0, 0.1) is 0 Å². The molecular formula is C19H22N4O3. The predicted octanol–water partition coefficient (Wildman–Crippen LogP) is 2.93. The molecule has 26 heavy (non-hydrogen) atoms. The van der Waals surface area contributed by atoms with Gasteiger partial charge in [-0.3, -0.25) is 4.52 Å². The summed E-state index contributed by atoms with van der Waals surface area (Å²) in [6.45, 7) is 8.13. The van der Waals surface area contributed by atoms with Crippen molar-refractivity contribution in [3.8, 4) is 11.4 Å². The van der Waals surface area contributed by atoms with E-state index in [1.807, 2.05) is 31.2 Å². The Balaban J connectivity index is 0.00000117. The normalized spacial score (nSPS) is 10.0. The first-order valence-corrected chi connectivity index (χ1v) is 8.03.